The molecule has 1 atom stereocenters. The van der Waals surface area contributed by atoms with Crippen molar-refractivity contribution in [2.45, 2.75) is 33.2 Å². The maximum atomic E-state index is 14.3. The first kappa shape index (κ1) is 14.7. The summed E-state index contributed by atoms with van der Waals surface area (Å²) in [4.78, 5) is 0. The fourth-order valence-electron chi connectivity index (χ4n) is 2.79. The monoisotopic (exact) mass is 271 g/mol. The van der Waals surface area contributed by atoms with E-state index in [4.69, 9.17) is 0 Å². The summed E-state index contributed by atoms with van der Waals surface area (Å²) in [5.41, 5.74) is 5.21. The van der Waals surface area contributed by atoms with Gasteiger partial charge in [-0.2, -0.15) is 0 Å². The number of nitrogens with one attached hydrogen (secondary N) is 1. The Hall–Kier alpha value is -1.67. The topological polar surface area (TPSA) is 12.0 Å². The third-order valence-corrected chi connectivity index (χ3v) is 3.70. The molecule has 106 valence electrons. The maximum absolute atomic E-state index is 14.3. The lowest BCUT2D eigenvalue weighted by molar-refractivity contribution is 0.530. The molecule has 0 aromatic heterocycles. The van der Waals surface area contributed by atoms with Gasteiger partial charge in [-0.3, -0.25) is 0 Å². The van der Waals surface area contributed by atoms with Crippen LogP contribution in [0.1, 0.15) is 33.9 Å². The van der Waals surface area contributed by atoms with E-state index in [1.165, 1.54) is 11.1 Å². The highest BCUT2D eigenvalue weighted by atomic mass is 19.1. The summed E-state index contributed by atoms with van der Waals surface area (Å²) in [5, 5.41) is 3.25. The largest absolute Gasteiger partial charge is 0.313 e. The molecule has 0 amide bonds. The molecule has 0 bridgehead atoms. The first-order chi connectivity index (χ1) is 9.51. The zero-order valence-electron chi connectivity index (χ0n) is 12.6. The fraction of sp³-hybridized carbons (Fsp3) is 0.333. The van der Waals surface area contributed by atoms with Crippen molar-refractivity contribution in [3.8, 4) is 0 Å². The second-order valence-corrected chi connectivity index (χ2v) is 5.51. The minimum absolute atomic E-state index is 0.00241. The third-order valence-electron chi connectivity index (χ3n) is 3.70. The van der Waals surface area contributed by atoms with Crippen LogP contribution in [0.3, 0.4) is 0 Å². The van der Waals surface area contributed by atoms with Gasteiger partial charge in [0.1, 0.15) is 5.82 Å². The highest BCUT2D eigenvalue weighted by Gasteiger charge is 2.17. The summed E-state index contributed by atoms with van der Waals surface area (Å²) in [6.07, 6.45) is 0.791. The van der Waals surface area contributed by atoms with Crippen LogP contribution < -0.4 is 5.32 Å². The number of hydrogen-bond acceptors (Lipinski definition) is 1. The van der Waals surface area contributed by atoms with E-state index in [1.807, 2.05) is 27.0 Å². The molecule has 1 nitrogen and oxygen atoms in total. The van der Waals surface area contributed by atoms with Crippen molar-refractivity contribution in [3.63, 3.8) is 0 Å². The van der Waals surface area contributed by atoms with E-state index in [0.717, 1.165) is 23.1 Å². The number of aryl methyl sites for hydroxylation is 3. The predicted octanol–water partition coefficient (Wildman–Crippen LogP) is 4.25. The van der Waals surface area contributed by atoms with Gasteiger partial charge in [0.2, 0.25) is 0 Å². The van der Waals surface area contributed by atoms with Crippen LogP contribution in [-0.2, 0) is 6.42 Å². The van der Waals surface area contributed by atoms with Gasteiger partial charge in [-0.05, 0) is 57.0 Å². The van der Waals surface area contributed by atoms with E-state index in [-0.39, 0.29) is 11.9 Å². The van der Waals surface area contributed by atoms with Gasteiger partial charge in [0.05, 0.1) is 0 Å². The molecule has 0 fully saturated rings. The molecule has 2 aromatic rings. The van der Waals surface area contributed by atoms with E-state index >= 15 is 0 Å². The molecule has 2 rings (SSSR count). The second kappa shape index (κ2) is 6.19. The zero-order chi connectivity index (χ0) is 14.7. The van der Waals surface area contributed by atoms with Crippen LogP contribution >= 0.6 is 0 Å². The number of benzene rings is 2. The molecule has 20 heavy (non-hydrogen) atoms. The molecule has 0 aliphatic carbocycles. The quantitative estimate of drug-likeness (QED) is 0.876. The van der Waals surface area contributed by atoms with Crippen molar-refractivity contribution in [1.29, 1.82) is 0 Å². The highest BCUT2D eigenvalue weighted by Crippen LogP contribution is 2.26. The van der Waals surface area contributed by atoms with Crippen LogP contribution in [0.15, 0.2) is 36.4 Å². The Morgan fingerprint density at radius 3 is 2.40 bits per heavy atom. The normalized spacial score (nSPS) is 12.4. The third kappa shape index (κ3) is 3.26. The smallest absolute Gasteiger partial charge is 0.128 e. The average molecular weight is 271 g/mol. The number of likely N-dealkylation sites (N-methyl/N-ethyl adjacent to an activating group) is 1. The van der Waals surface area contributed by atoms with Gasteiger partial charge in [-0.15, -0.1) is 0 Å². The van der Waals surface area contributed by atoms with Gasteiger partial charge in [0.25, 0.3) is 0 Å². The Morgan fingerprint density at radius 1 is 1.05 bits per heavy atom. The molecule has 0 saturated heterocycles. The Labute approximate surface area is 120 Å². The van der Waals surface area contributed by atoms with Crippen molar-refractivity contribution in [3.05, 3.63) is 70.0 Å². The minimum Gasteiger partial charge on any atom is -0.313 e. The van der Waals surface area contributed by atoms with Gasteiger partial charge in [-0.1, -0.05) is 35.9 Å². The Bertz CT molecular complexity index is 581. The second-order valence-electron chi connectivity index (χ2n) is 5.51. The summed E-state index contributed by atoms with van der Waals surface area (Å²) in [6.45, 7) is 5.98. The van der Waals surface area contributed by atoms with Crippen molar-refractivity contribution in [2.24, 2.45) is 0 Å². The number of hydrogen-bond donors (Lipinski definition) is 1. The summed E-state index contributed by atoms with van der Waals surface area (Å²) < 4.78 is 14.3. The van der Waals surface area contributed by atoms with Crippen molar-refractivity contribution in [2.75, 3.05) is 7.05 Å². The zero-order valence-corrected chi connectivity index (χ0v) is 12.6. The first-order valence-electron chi connectivity index (χ1n) is 7.00. The van der Waals surface area contributed by atoms with E-state index in [2.05, 4.69) is 36.5 Å². The summed E-state index contributed by atoms with van der Waals surface area (Å²) in [6, 6.07) is 12.0. The number of halogens is 1. The molecule has 0 aliphatic heterocycles. The summed E-state index contributed by atoms with van der Waals surface area (Å²) >= 11 is 0. The SMILES string of the molecule is CNC(Cc1cccc(C)c1)c1c(C)cc(C)cc1F. The molecular formula is C18H22FN. The van der Waals surface area contributed by atoms with Gasteiger partial charge in [0.15, 0.2) is 0 Å². The van der Waals surface area contributed by atoms with Crippen LogP contribution in [-0.4, -0.2) is 7.05 Å². The van der Waals surface area contributed by atoms with Gasteiger partial charge < -0.3 is 5.32 Å². The van der Waals surface area contributed by atoms with Crippen LogP contribution in [0.25, 0.3) is 0 Å². The standard InChI is InChI=1S/C18H22FN/c1-12-6-5-7-15(9-12)11-17(20-4)18-14(3)8-13(2)10-16(18)19/h5-10,17,20H,11H2,1-4H3. The van der Waals surface area contributed by atoms with Gasteiger partial charge in [-0.25, -0.2) is 4.39 Å². The molecule has 0 heterocycles. The van der Waals surface area contributed by atoms with Crippen molar-refractivity contribution >= 4 is 0 Å². The lowest BCUT2D eigenvalue weighted by Gasteiger charge is -2.20. The van der Waals surface area contributed by atoms with Crippen LogP contribution in [0, 0.1) is 26.6 Å². The average Bonchev–Trinajstić information content (AvgIpc) is 2.36. The first-order valence-corrected chi connectivity index (χ1v) is 7.00. The van der Waals surface area contributed by atoms with Gasteiger partial charge >= 0.3 is 0 Å². The molecule has 1 N–H and O–H groups in total. The van der Waals surface area contributed by atoms with Gasteiger partial charge in [0, 0.05) is 11.6 Å². The van der Waals surface area contributed by atoms with E-state index in [0.29, 0.717) is 0 Å². The molecule has 0 aliphatic rings. The number of rotatable bonds is 4. The highest BCUT2D eigenvalue weighted by molar-refractivity contribution is 5.36. The Morgan fingerprint density at radius 2 is 1.80 bits per heavy atom. The lowest BCUT2D eigenvalue weighted by Crippen LogP contribution is -2.21. The van der Waals surface area contributed by atoms with Crippen molar-refractivity contribution < 1.29 is 4.39 Å². The molecular weight excluding hydrogens is 249 g/mol. The van der Waals surface area contributed by atoms with Crippen molar-refractivity contribution in [1.82, 2.24) is 5.32 Å². The molecule has 2 heteroatoms. The molecule has 0 spiro atoms. The fourth-order valence-corrected chi connectivity index (χ4v) is 2.79. The molecule has 0 radical (unpaired) electrons. The minimum atomic E-state index is -0.116. The van der Waals surface area contributed by atoms with E-state index in [1.54, 1.807) is 6.07 Å². The molecule has 1 unspecified atom stereocenters. The van der Waals surface area contributed by atoms with Crippen LogP contribution in [0.5, 0.6) is 0 Å². The van der Waals surface area contributed by atoms with Crippen LogP contribution in [0.2, 0.25) is 0 Å². The lowest BCUT2D eigenvalue weighted by atomic mass is 9.93. The molecule has 0 saturated carbocycles. The maximum Gasteiger partial charge on any atom is 0.128 e. The Balaban J connectivity index is 2.34. The molecule has 2 aromatic carbocycles. The van der Waals surface area contributed by atoms with Crippen LogP contribution in [0.4, 0.5) is 4.39 Å². The predicted molar refractivity (Wildman–Crippen MR) is 82.6 cm³/mol. The summed E-state index contributed by atoms with van der Waals surface area (Å²) in [5.74, 6) is -0.116. The summed E-state index contributed by atoms with van der Waals surface area (Å²) in [7, 11) is 1.89. The van der Waals surface area contributed by atoms with E-state index < -0.39 is 0 Å². The van der Waals surface area contributed by atoms with E-state index in [9.17, 15) is 4.39 Å². The Kier molecular flexibility index (Phi) is 4.56.